The molecule has 0 saturated carbocycles. The summed E-state index contributed by atoms with van der Waals surface area (Å²) in [7, 11) is -2.87. The molecule has 0 amide bonds. The topological polar surface area (TPSA) is 72.5 Å². The molecule has 0 spiro atoms. The monoisotopic (exact) mass is 351 g/mol. The van der Waals surface area contributed by atoms with Crippen LogP contribution in [0.2, 0.25) is 5.02 Å². The molecule has 1 N–H and O–H groups in total. The lowest BCUT2D eigenvalue weighted by molar-refractivity contribution is -0.135. The summed E-state index contributed by atoms with van der Waals surface area (Å²) in [5.74, 6) is -0.949. The van der Waals surface area contributed by atoms with E-state index in [0.29, 0.717) is 10.7 Å². The maximum Gasteiger partial charge on any atom is 0.351 e. The Morgan fingerprint density at radius 1 is 1.09 bits per heavy atom. The first-order valence-corrected chi connectivity index (χ1v) is 8.42. The summed E-state index contributed by atoms with van der Waals surface area (Å²) in [6, 6.07) is 14.3. The highest BCUT2D eigenvalue weighted by atomic mass is 35.5. The molecule has 0 aliphatic heterocycles. The second kappa shape index (κ2) is 7.30. The van der Waals surface area contributed by atoms with Crippen molar-refractivity contribution in [2.24, 2.45) is 0 Å². The molecule has 0 aromatic heterocycles. The number of nitrogens with one attached hydrogen (secondary N) is 1. The average molecular weight is 352 g/mol. The number of sulfone groups is 1. The first kappa shape index (κ1) is 17.1. The zero-order valence-electron chi connectivity index (χ0n) is 12.2. The van der Waals surface area contributed by atoms with Gasteiger partial charge in [-0.1, -0.05) is 29.8 Å². The molecule has 0 aliphatic rings. The number of benzene rings is 2. The van der Waals surface area contributed by atoms with Crippen LogP contribution in [0.1, 0.15) is 0 Å². The van der Waals surface area contributed by atoms with Gasteiger partial charge < -0.3 is 10.1 Å². The maximum atomic E-state index is 12.6. The van der Waals surface area contributed by atoms with Crippen molar-refractivity contribution in [2.75, 3.05) is 12.4 Å². The van der Waals surface area contributed by atoms with Gasteiger partial charge in [0.2, 0.25) is 9.84 Å². The lowest BCUT2D eigenvalue weighted by Gasteiger charge is -2.08. The van der Waals surface area contributed by atoms with Crippen LogP contribution in [-0.4, -0.2) is 21.5 Å². The number of hydrogen-bond donors (Lipinski definition) is 1. The fraction of sp³-hybridized carbons (Fsp3) is 0.0625. The van der Waals surface area contributed by atoms with Crippen LogP contribution in [0.5, 0.6) is 0 Å². The number of carbonyl (C=O) groups is 1. The van der Waals surface area contributed by atoms with E-state index in [4.69, 9.17) is 11.6 Å². The van der Waals surface area contributed by atoms with Crippen LogP contribution in [0, 0.1) is 0 Å². The fourth-order valence-corrected chi connectivity index (χ4v) is 3.18. The molecule has 7 heteroatoms. The van der Waals surface area contributed by atoms with Crippen molar-refractivity contribution in [3.05, 3.63) is 70.7 Å². The van der Waals surface area contributed by atoms with Crippen molar-refractivity contribution < 1.29 is 17.9 Å². The highest BCUT2D eigenvalue weighted by molar-refractivity contribution is 7.96. The Hall–Kier alpha value is -2.31. The smallest absolute Gasteiger partial charge is 0.351 e. The second-order valence-electron chi connectivity index (χ2n) is 4.47. The number of carbonyl (C=O) groups excluding carboxylic acids is 1. The third-order valence-corrected chi connectivity index (χ3v) is 4.95. The van der Waals surface area contributed by atoms with E-state index >= 15 is 0 Å². The van der Waals surface area contributed by atoms with E-state index in [0.717, 1.165) is 13.3 Å². The highest BCUT2D eigenvalue weighted by Gasteiger charge is 2.27. The Labute approximate surface area is 139 Å². The molecule has 0 heterocycles. The molecule has 0 bridgehead atoms. The van der Waals surface area contributed by atoms with Gasteiger partial charge in [-0.15, -0.1) is 0 Å². The molecule has 2 rings (SSSR count). The average Bonchev–Trinajstić information content (AvgIpc) is 2.57. The Bertz CT molecular complexity index is 815. The second-order valence-corrected chi connectivity index (χ2v) is 6.82. The lowest BCUT2D eigenvalue weighted by Crippen LogP contribution is -2.16. The zero-order chi connectivity index (χ0) is 16.9. The number of ether oxygens (including phenoxy) is 1. The number of halogens is 1. The van der Waals surface area contributed by atoms with Gasteiger partial charge in [-0.3, -0.25) is 0 Å². The summed E-state index contributed by atoms with van der Waals surface area (Å²) >= 11 is 5.79. The van der Waals surface area contributed by atoms with Crippen molar-refractivity contribution in [1.82, 2.24) is 0 Å². The molecule has 0 aliphatic carbocycles. The molecule has 0 atom stereocenters. The minimum atomic E-state index is -3.99. The van der Waals surface area contributed by atoms with Gasteiger partial charge in [0.15, 0.2) is 4.91 Å². The normalized spacial score (nSPS) is 11.8. The van der Waals surface area contributed by atoms with E-state index in [-0.39, 0.29) is 4.90 Å². The first-order chi connectivity index (χ1) is 10.9. The first-order valence-electron chi connectivity index (χ1n) is 6.56. The van der Waals surface area contributed by atoms with Crippen molar-refractivity contribution in [3.63, 3.8) is 0 Å². The molecule has 23 heavy (non-hydrogen) atoms. The third-order valence-electron chi connectivity index (χ3n) is 2.94. The zero-order valence-corrected chi connectivity index (χ0v) is 13.8. The molecule has 0 fully saturated rings. The molecule has 0 radical (unpaired) electrons. The van der Waals surface area contributed by atoms with E-state index in [9.17, 15) is 13.2 Å². The SMILES string of the molecule is COC(=O)/C(=C\Nc1ccc(Cl)cc1)S(=O)(=O)c1ccccc1. The molecule has 0 unspecified atom stereocenters. The third kappa shape index (κ3) is 4.12. The van der Waals surface area contributed by atoms with Crippen LogP contribution in [-0.2, 0) is 19.4 Å². The molecular weight excluding hydrogens is 338 g/mol. The van der Waals surface area contributed by atoms with Crippen molar-refractivity contribution >= 4 is 33.1 Å². The van der Waals surface area contributed by atoms with Crippen LogP contribution in [0.3, 0.4) is 0 Å². The molecular formula is C16H14ClNO4S. The van der Waals surface area contributed by atoms with Crippen LogP contribution in [0.4, 0.5) is 5.69 Å². The van der Waals surface area contributed by atoms with E-state index in [2.05, 4.69) is 10.1 Å². The predicted molar refractivity (Wildman–Crippen MR) is 88.8 cm³/mol. The highest BCUT2D eigenvalue weighted by Crippen LogP contribution is 2.21. The van der Waals surface area contributed by atoms with Crippen molar-refractivity contribution in [2.45, 2.75) is 4.90 Å². The van der Waals surface area contributed by atoms with E-state index < -0.39 is 20.7 Å². The number of anilines is 1. The molecule has 2 aromatic carbocycles. The van der Waals surface area contributed by atoms with Gasteiger partial charge in [-0.05, 0) is 36.4 Å². The van der Waals surface area contributed by atoms with Crippen molar-refractivity contribution in [1.29, 1.82) is 0 Å². The van der Waals surface area contributed by atoms with Crippen LogP contribution >= 0.6 is 11.6 Å². The van der Waals surface area contributed by atoms with Crippen LogP contribution < -0.4 is 5.32 Å². The van der Waals surface area contributed by atoms with Crippen LogP contribution in [0.25, 0.3) is 0 Å². The van der Waals surface area contributed by atoms with E-state index in [1.165, 1.54) is 12.1 Å². The summed E-state index contributed by atoms with van der Waals surface area (Å²) < 4.78 is 29.7. The van der Waals surface area contributed by atoms with E-state index in [1.54, 1.807) is 42.5 Å². The summed E-state index contributed by atoms with van der Waals surface area (Å²) in [6.07, 6.45) is 1.11. The van der Waals surface area contributed by atoms with E-state index in [1.807, 2.05) is 0 Å². The van der Waals surface area contributed by atoms with Gasteiger partial charge in [0.05, 0.1) is 12.0 Å². The lowest BCUT2D eigenvalue weighted by atomic mass is 10.3. The fourth-order valence-electron chi connectivity index (χ4n) is 1.77. The summed E-state index contributed by atoms with van der Waals surface area (Å²) in [5.41, 5.74) is 0.582. The van der Waals surface area contributed by atoms with Crippen molar-refractivity contribution in [3.8, 4) is 0 Å². The number of esters is 1. The van der Waals surface area contributed by atoms with Crippen LogP contribution in [0.15, 0.2) is 70.6 Å². The predicted octanol–water partition coefficient (Wildman–Crippen LogP) is 3.24. The number of rotatable bonds is 5. The quantitative estimate of drug-likeness (QED) is 0.661. The Morgan fingerprint density at radius 3 is 2.26 bits per heavy atom. The van der Waals surface area contributed by atoms with Gasteiger partial charge in [-0.2, -0.15) is 0 Å². The van der Waals surface area contributed by atoms with Gasteiger partial charge in [-0.25, -0.2) is 13.2 Å². The molecule has 120 valence electrons. The largest absolute Gasteiger partial charge is 0.465 e. The summed E-state index contributed by atoms with van der Waals surface area (Å²) in [4.78, 5) is 11.4. The van der Waals surface area contributed by atoms with Gasteiger partial charge in [0.25, 0.3) is 0 Å². The number of methoxy groups -OCH3 is 1. The summed E-state index contributed by atoms with van der Waals surface area (Å²) in [6.45, 7) is 0. The van der Waals surface area contributed by atoms with Gasteiger partial charge in [0, 0.05) is 16.9 Å². The Kier molecular flexibility index (Phi) is 5.41. The minimum absolute atomic E-state index is 0.00885. The molecule has 0 saturated heterocycles. The summed E-state index contributed by atoms with van der Waals surface area (Å²) in [5, 5.41) is 3.31. The Morgan fingerprint density at radius 2 is 1.70 bits per heavy atom. The van der Waals surface area contributed by atoms with Gasteiger partial charge >= 0.3 is 5.97 Å². The number of hydrogen-bond acceptors (Lipinski definition) is 5. The maximum absolute atomic E-state index is 12.6. The Balaban J connectivity index is 2.39. The van der Waals surface area contributed by atoms with Gasteiger partial charge in [0.1, 0.15) is 0 Å². The molecule has 2 aromatic rings. The molecule has 5 nitrogen and oxygen atoms in total. The minimum Gasteiger partial charge on any atom is -0.465 e. The standard InChI is InChI=1S/C16H14ClNO4S/c1-22-16(19)15(11-18-13-9-7-12(17)8-10-13)23(20,21)14-5-3-2-4-6-14/h2-11,18H,1H3/b15-11+.